The molecule has 1 unspecified atom stereocenters. The molecule has 1 heterocycles. The lowest BCUT2D eigenvalue weighted by atomic mass is 10.0. The molecule has 2 atom stereocenters. The summed E-state index contributed by atoms with van der Waals surface area (Å²) < 4.78 is -0.719. The summed E-state index contributed by atoms with van der Waals surface area (Å²) in [4.78, 5) is 37.1. The molecule has 7 heteroatoms. The smallest absolute Gasteiger partial charge is 0.322 e. The first kappa shape index (κ1) is 19.0. The summed E-state index contributed by atoms with van der Waals surface area (Å²) in [7, 11) is 0. The van der Waals surface area contributed by atoms with Crippen LogP contribution in [0.1, 0.15) is 48.0 Å². The maximum absolute atomic E-state index is 12.4. The number of rotatable bonds is 7. The topological polar surface area (TPSA) is 86.7 Å². The van der Waals surface area contributed by atoms with Crippen LogP contribution in [-0.4, -0.2) is 55.9 Å². The van der Waals surface area contributed by atoms with Crippen molar-refractivity contribution in [3.63, 3.8) is 0 Å². The van der Waals surface area contributed by atoms with E-state index in [0.29, 0.717) is 0 Å². The number of hydrogen-bond donors (Lipinski definition) is 2. The monoisotopic (exact) mass is 330 g/mol. The molecule has 0 radical (unpaired) electrons. The Labute approximate surface area is 136 Å². The highest BCUT2D eigenvalue weighted by molar-refractivity contribution is 8.02. The molecule has 0 spiro atoms. The lowest BCUT2D eigenvalue weighted by Crippen LogP contribution is -2.53. The first-order valence-corrected chi connectivity index (χ1v) is 8.38. The zero-order valence-electron chi connectivity index (χ0n) is 14.0. The van der Waals surface area contributed by atoms with Gasteiger partial charge in [0.15, 0.2) is 0 Å². The first-order chi connectivity index (χ1) is 9.97. The van der Waals surface area contributed by atoms with Crippen molar-refractivity contribution < 1.29 is 19.5 Å². The molecule has 126 valence electrons. The Bertz CT molecular complexity index is 462. The Kier molecular flexibility index (Phi) is 6.03. The van der Waals surface area contributed by atoms with Crippen molar-refractivity contribution in [3.05, 3.63) is 0 Å². The van der Waals surface area contributed by atoms with Crippen molar-refractivity contribution >= 4 is 29.5 Å². The molecule has 0 aliphatic carbocycles. The summed E-state index contributed by atoms with van der Waals surface area (Å²) >= 11 is 1.27. The molecule has 1 rings (SSSR count). The standard InChI is InChI=1S/C15H26N2O4S/c1-8(2)16-12(14(20)21)15(5,6)22-10-7-11(18)17(9(3)4)13(10)19/h8-10,12,16H,7H2,1-6H3,(H,20,21)/t10?,12-/m0/s1. The van der Waals surface area contributed by atoms with Crippen LogP contribution in [0.5, 0.6) is 0 Å². The summed E-state index contributed by atoms with van der Waals surface area (Å²) in [6.07, 6.45) is 0.138. The molecule has 2 amide bonds. The molecule has 1 saturated heterocycles. The van der Waals surface area contributed by atoms with Crippen LogP contribution in [0.3, 0.4) is 0 Å². The van der Waals surface area contributed by atoms with Gasteiger partial charge in [-0.15, -0.1) is 11.8 Å². The van der Waals surface area contributed by atoms with Gasteiger partial charge in [-0.25, -0.2) is 0 Å². The Morgan fingerprint density at radius 3 is 2.23 bits per heavy atom. The number of thioether (sulfide) groups is 1. The summed E-state index contributed by atoms with van der Waals surface area (Å²) in [5.74, 6) is -1.35. The van der Waals surface area contributed by atoms with Gasteiger partial charge >= 0.3 is 5.97 Å². The predicted octanol–water partition coefficient (Wildman–Crippen LogP) is 1.49. The number of nitrogens with one attached hydrogen (secondary N) is 1. The summed E-state index contributed by atoms with van der Waals surface area (Å²) in [5.41, 5.74) is 0. The van der Waals surface area contributed by atoms with Gasteiger partial charge in [-0.2, -0.15) is 0 Å². The third-order valence-corrected chi connectivity index (χ3v) is 5.04. The second kappa shape index (κ2) is 7.00. The van der Waals surface area contributed by atoms with Crippen LogP contribution in [0, 0.1) is 0 Å². The maximum Gasteiger partial charge on any atom is 0.322 e. The van der Waals surface area contributed by atoms with E-state index < -0.39 is 22.0 Å². The van der Waals surface area contributed by atoms with Crippen LogP contribution in [0.25, 0.3) is 0 Å². The lowest BCUT2D eigenvalue weighted by Gasteiger charge is -2.34. The lowest BCUT2D eigenvalue weighted by molar-refractivity contribution is -0.141. The van der Waals surface area contributed by atoms with E-state index >= 15 is 0 Å². The van der Waals surface area contributed by atoms with Gasteiger partial charge in [-0.3, -0.25) is 19.3 Å². The molecule has 6 nitrogen and oxygen atoms in total. The van der Waals surface area contributed by atoms with Gasteiger partial charge in [0.2, 0.25) is 11.8 Å². The van der Waals surface area contributed by atoms with Crippen molar-refractivity contribution in [2.24, 2.45) is 0 Å². The molecular formula is C15H26N2O4S. The van der Waals surface area contributed by atoms with E-state index in [4.69, 9.17) is 0 Å². The number of likely N-dealkylation sites (tertiary alicyclic amines) is 1. The third-order valence-electron chi connectivity index (χ3n) is 3.55. The largest absolute Gasteiger partial charge is 0.480 e. The normalized spacial score (nSPS) is 21.1. The van der Waals surface area contributed by atoms with E-state index in [1.54, 1.807) is 27.7 Å². The highest BCUT2D eigenvalue weighted by Gasteiger charge is 2.46. The third kappa shape index (κ3) is 4.23. The van der Waals surface area contributed by atoms with Crippen LogP contribution >= 0.6 is 11.8 Å². The average molecular weight is 330 g/mol. The van der Waals surface area contributed by atoms with E-state index in [0.717, 1.165) is 0 Å². The number of carbonyl (C=O) groups excluding carboxylic acids is 2. The molecule has 1 fully saturated rings. The SMILES string of the molecule is CC(C)N[C@@H](C(=O)O)C(C)(C)SC1CC(=O)N(C(C)C)C1=O. The highest BCUT2D eigenvalue weighted by Crippen LogP contribution is 2.38. The average Bonchev–Trinajstić information content (AvgIpc) is 2.59. The van der Waals surface area contributed by atoms with Gasteiger partial charge in [-0.1, -0.05) is 13.8 Å². The fourth-order valence-electron chi connectivity index (χ4n) is 2.59. The van der Waals surface area contributed by atoms with E-state index in [-0.39, 0.29) is 30.3 Å². The van der Waals surface area contributed by atoms with Crippen molar-refractivity contribution in [1.29, 1.82) is 0 Å². The number of imide groups is 1. The van der Waals surface area contributed by atoms with Gasteiger partial charge in [0.05, 0.1) is 5.25 Å². The first-order valence-electron chi connectivity index (χ1n) is 7.50. The molecule has 2 N–H and O–H groups in total. The molecular weight excluding hydrogens is 304 g/mol. The molecule has 1 aliphatic rings. The van der Waals surface area contributed by atoms with Gasteiger partial charge in [-0.05, 0) is 27.7 Å². The van der Waals surface area contributed by atoms with Gasteiger partial charge in [0.1, 0.15) is 6.04 Å². The maximum atomic E-state index is 12.4. The van der Waals surface area contributed by atoms with E-state index in [1.807, 2.05) is 13.8 Å². The van der Waals surface area contributed by atoms with E-state index in [9.17, 15) is 19.5 Å². The van der Waals surface area contributed by atoms with E-state index in [1.165, 1.54) is 16.7 Å². The number of amides is 2. The number of carbonyl (C=O) groups is 3. The fourth-order valence-corrected chi connectivity index (χ4v) is 4.07. The highest BCUT2D eigenvalue weighted by atomic mass is 32.2. The summed E-state index contributed by atoms with van der Waals surface area (Å²) in [5, 5.41) is 12.0. The Morgan fingerprint density at radius 1 is 1.32 bits per heavy atom. The van der Waals surface area contributed by atoms with Crippen molar-refractivity contribution in [2.45, 2.75) is 76.1 Å². The number of hydrogen-bond acceptors (Lipinski definition) is 5. The minimum absolute atomic E-state index is 0.00838. The van der Waals surface area contributed by atoms with Crippen molar-refractivity contribution in [2.75, 3.05) is 0 Å². The zero-order chi connectivity index (χ0) is 17.2. The number of carboxylic acid groups (broad SMARTS) is 1. The van der Waals surface area contributed by atoms with Gasteiger partial charge in [0.25, 0.3) is 0 Å². The van der Waals surface area contributed by atoms with Crippen molar-refractivity contribution in [3.8, 4) is 0 Å². The zero-order valence-corrected chi connectivity index (χ0v) is 14.9. The summed E-state index contributed by atoms with van der Waals surface area (Å²) in [6, 6.07) is -0.958. The van der Waals surface area contributed by atoms with Crippen LogP contribution in [-0.2, 0) is 14.4 Å². The molecule has 1 aliphatic heterocycles. The molecule has 0 aromatic carbocycles. The van der Waals surface area contributed by atoms with E-state index in [2.05, 4.69) is 5.32 Å². The number of carboxylic acids is 1. The van der Waals surface area contributed by atoms with Crippen LogP contribution in [0.15, 0.2) is 0 Å². The Balaban J connectivity index is 2.89. The minimum atomic E-state index is -0.955. The van der Waals surface area contributed by atoms with Gasteiger partial charge in [0, 0.05) is 23.3 Å². The van der Waals surface area contributed by atoms with Gasteiger partial charge < -0.3 is 10.4 Å². The minimum Gasteiger partial charge on any atom is -0.480 e. The molecule has 0 bridgehead atoms. The number of aliphatic carboxylic acids is 1. The predicted molar refractivity (Wildman–Crippen MR) is 86.8 cm³/mol. The second-order valence-corrected chi connectivity index (χ2v) is 8.56. The fraction of sp³-hybridized carbons (Fsp3) is 0.800. The quantitative estimate of drug-likeness (QED) is 0.688. The van der Waals surface area contributed by atoms with Crippen LogP contribution in [0.4, 0.5) is 0 Å². The van der Waals surface area contributed by atoms with Crippen LogP contribution in [0.2, 0.25) is 0 Å². The van der Waals surface area contributed by atoms with Crippen molar-refractivity contribution in [1.82, 2.24) is 10.2 Å². The van der Waals surface area contributed by atoms with Crippen LogP contribution < -0.4 is 5.32 Å². The summed E-state index contributed by atoms with van der Waals surface area (Å²) in [6.45, 7) is 10.9. The molecule has 22 heavy (non-hydrogen) atoms. The number of nitrogens with zero attached hydrogens (tertiary/aromatic N) is 1. The Hall–Kier alpha value is -1.08. The molecule has 0 saturated carbocycles. The Morgan fingerprint density at radius 2 is 1.86 bits per heavy atom. The molecule has 0 aromatic heterocycles. The molecule has 0 aromatic rings. The second-order valence-electron chi connectivity index (χ2n) is 6.70.